The molecule has 0 amide bonds. The van der Waals surface area contributed by atoms with Crippen molar-refractivity contribution in [2.45, 2.75) is 0 Å². The lowest BCUT2D eigenvalue weighted by atomic mass is 9.99. The van der Waals surface area contributed by atoms with Crippen molar-refractivity contribution in [3.8, 4) is 22.3 Å². The Morgan fingerprint density at radius 2 is 0.939 bits per heavy atom. The molecule has 0 spiro atoms. The second-order valence-corrected chi connectivity index (χ2v) is 12.6. The summed E-state index contributed by atoms with van der Waals surface area (Å²) in [6.45, 7) is 0. The van der Waals surface area contributed by atoms with E-state index in [1.54, 1.807) is 0 Å². The summed E-state index contributed by atoms with van der Waals surface area (Å²) >= 11 is 0. The third-order valence-corrected chi connectivity index (χ3v) is 9.64. The van der Waals surface area contributed by atoms with Crippen LogP contribution >= 0.6 is 0 Å². The van der Waals surface area contributed by atoms with Gasteiger partial charge >= 0.3 is 0 Å². The van der Waals surface area contributed by atoms with Gasteiger partial charge in [-0.25, -0.2) is 0 Å². The van der Waals surface area contributed by atoms with Gasteiger partial charge in [-0.2, -0.15) is 0 Å². The summed E-state index contributed by atoms with van der Waals surface area (Å²) in [6, 6.07) is 62.2. The number of anilines is 3. The summed E-state index contributed by atoms with van der Waals surface area (Å²) in [5.41, 5.74) is 11.4. The molecule has 0 aliphatic rings. The number of nitrogens with zero attached hydrogens (tertiary/aromatic N) is 1. The van der Waals surface area contributed by atoms with Crippen LogP contribution in [0.5, 0.6) is 0 Å². The fraction of sp³-hybridized carbons (Fsp3) is 0. The normalized spacial score (nSPS) is 11.7. The van der Waals surface area contributed by atoms with Crippen LogP contribution in [0.2, 0.25) is 0 Å². The lowest BCUT2D eigenvalue weighted by molar-refractivity contribution is 0.668. The molecule has 230 valence electrons. The van der Waals surface area contributed by atoms with Crippen molar-refractivity contribution in [3.63, 3.8) is 0 Å². The van der Waals surface area contributed by atoms with Gasteiger partial charge in [0.2, 0.25) is 0 Å². The first-order chi connectivity index (χ1) is 24.3. The Morgan fingerprint density at radius 3 is 1.82 bits per heavy atom. The maximum Gasteiger partial charge on any atom is 0.137 e. The van der Waals surface area contributed by atoms with Crippen LogP contribution in [0.25, 0.3) is 76.9 Å². The average Bonchev–Trinajstić information content (AvgIpc) is 3.74. The number of rotatable bonds is 5. The fourth-order valence-corrected chi connectivity index (χ4v) is 7.27. The minimum absolute atomic E-state index is 0.867. The van der Waals surface area contributed by atoms with Crippen molar-refractivity contribution >= 4 is 71.7 Å². The summed E-state index contributed by atoms with van der Waals surface area (Å²) in [7, 11) is 0. The molecule has 0 bridgehead atoms. The van der Waals surface area contributed by atoms with Gasteiger partial charge in [0.05, 0.1) is 11.1 Å². The van der Waals surface area contributed by atoms with Crippen molar-refractivity contribution < 1.29 is 8.83 Å². The molecule has 0 aliphatic carbocycles. The van der Waals surface area contributed by atoms with Crippen molar-refractivity contribution in [2.75, 3.05) is 4.90 Å². The van der Waals surface area contributed by atoms with Gasteiger partial charge in [0.25, 0.3) is 0 Å². The van der Waals surface area contributed by atoms with Crippen molar-refractivity contribution in [3.05, 3.63) is 176 Å². The third-order valence-electron chi connectivity index (χ3n) is 9.64. The molecule has 10 aromatic rings. The van der Waals surface area contributed by atoms with Gasteiger partial charge in [-0.3, -0.25) is 0 Å². The van der Waals surface area contributed by atoms with E-state index in [9.17, 15) is 0 Å². The predicted octanol–water partition coefficient (Wildman–Crippen LogP) is 13.4. The predicted molar refractivity (Wildman–Crippen MR) is 204 cm³/mol. The van der Waals surface area contributed by atoms with Gasteiger partial charge in [0, 0.05) is 27.5 Å². The topological polar surface area (TPSA) is 29.5 Å². The first kappa shape index (κ1) is 27.5. The Hall–Kier alpha value is -6.58. The van der Waals surface area contributed by atoms with Crippen LogP contribution in [-0.2, 0) is 0 Å². The van der Waals surface area contributed by atoms with Crippen LogP contribution in [0.15, 0.2) is 185 Å². The molecular weight excluding hydrogens is 599 g/mol. The van der Waals surface area contributed by atoms with Crippen LogP contribution < -0.4 is 4.90 Å². The summed E-state index contributed by atoms with van der Waals surface area (Å²) in [5, 5.41) is 6.92. The number of furan rings is 2. The van der Waals surface area contributed by atoms with Crippen LogP contribution in [0.1, 0.15) is 0 Å². The van der Waals surface area contributed by atoms with E-state index in [-0.39, 0.29) is 0 Å². The Bertz CT molecular complexity index is 2840. The van der Waals surface area contributed by atoms with Gasteiger partial charge in [0.1, 0.15) is 22.3 Å². The molecule has 3 nitrogen and oxygen atoms in total. The molecular formula is C46H29NO2. The van der Waals surface area contributed by atoms with Crippen molar-refractivity contribution in [1.82, 2.24) is 0 Å². The van der Waals surface area contributed by atoms with Gasteiger partial charge in [0.15, 0.2) is 0 Å². The molecule has 0 radical (unpaired) electrons. The van der Waals surface area contributed by atoms with E-state index in [2.05, 4.69) is 157 Å². The second kappa shape index (κ2) is 11.0. The Morgan fingerprint density at radius 1 is 0.327 bits per heavy atom. The smallest absolute Gasteiger partial charge is 0.137 e. The molecule has 3 heteroatoms. The molecule has 10 rings (SSSR count). The quantitative estimate of drug-likeness (QED) is 0.190. The van der Waals surface area contributed by atoms with Crippen LogP contribution in [-0.4, -0.2) is 0 Å². The van der Waals surface area contributed by atoms with Crippen LogP contribution in [0.3, 0.4) is 0 Å². The Balaban J connectivity index is 1.13. The third kappa shape index (κ3) is 4.59. The number of hydrogen-bond donors (Lipinski definition) is 0. The molecule has 0 aliphatic heterocycles. The summed E-state index contributed by atoms with van der Waals surface area (Å²) in [5.74, 6) is 0. The van der Waals surface area contributed by atoms with Crippen LogP contribution in [0, 0.1) is 0 Å². The van der Waals surface area contributed by atoms with E-state index in [0.29, 0.717) is 0 Å². The highest BCUT2D eigenvalue weighted by molar-refractivity contribution is 6.13. The molecule has 8 aromatic carbocycles. The molecule has 0 unspecified atom stereocenters. The molecule has 0 N–H and O–H groups in total. The van der Waals surface area contributed by atoms with E-state index in [4.69, 9.17) is 8.83 Å². The minimum Gasteiger partial charge on any atom is -0.456 e. The molecule has 2 aromatic heterocycles. The number of fused-ring (bicyclic) bond motifs is 7. The van der Waals surface area contributed by atoms with Gasteiger partial charge in [-0.05, 0) is 99.8 Å². The summed E-state index contributed by atoms with van der Waals surface area (Å²) in [4.78, 5) is 2.35. The number of benzene rings is 8. The zero-order chi connectivity index (χ0) is 32.3. The number of hydrogen-bond acceptors (Lipinski definition) is 3. The monoisotopic (exact) mass is 627 g/mol. The standard InChI is InChI=1S/C46H29NO2/c1-2-10-32-27-34(20-19-30(32)9-1)33-11-7-12-37(28-33)47(41-15-8-18-45-46(41)39-14-4-6-17-43(39)49-45)36-24-21-31(22-25-36)35-23-26-44-40(29-35)38-13-3-5-16-42(38)48-44/h1-29H. The minimum atomic E-state index is 0.867. The van der Waals surface area contributed by atoms with E-state index >= 15 is 0 Å². The number of para-hydroxylation sites is 2. The van der Waals surface area contributed by atoms with Crippen molar-refractivity contribution in [2.24, 2.45) is 0 Å². The first-order valence-electron chi connectivity index (χ1n) is 16.6. The molecule has 49 heavy (non-hydrogen) atoms. The summed E-state index contributed by atoms with van der Waals surface area (Å²) < 4.78 is 12.4. The lowest BCUT2D eigenvalue weighted by Gasteiger charge is -2.27. The maximum absolute atomic E-state index is 6.35. The highest BCUT2D eigenvalue weighted by atomic mass is 16.3. The highest BCUT2D eigenvalue weighted by Crippen LogP contribution is 2.44. The lowest BCUT2D eigenvalue weighted by Crippen LogP contribution is -2.10. The van der Waals surface area contributed by atoms with E-state index in [1.807, 2.05) is 24.3 Å². The Kier molecular flexibility index (Phi) is 6.18. The van der Waals surface area contributed by atoms with Gasteiger partial charge in [-0.15, -0.1) is 0 Å². The van der Waals surface area contributed by atoms with E-state index in [0.717, 1.165) is 77.6 Å². The molecule has 0 atom stereocenters. The molecule has 2 heterocycles. The van der Waals surface area contributed by atoms with E-state index in [1.165, 1.54) is 16.3 Å². The Labute approximate surface area is 282 Å². The second-order valence-electron chi connectivity index (χ2n) is 12.6. The molecule has 0 saturated carbocycles. The highest BCUT2D eigenvalue weighted by Gasteiger charge is 2.20. The summed E-state index contributed by atoms with van der Waals surface area (Å²) in [6.07, 6.45) is 0. The average molecular weight is 628 g/mol. The zero-order valence-corrected chi connectivity index (χ0v) is 26.5. The maximum atomic E-state index is 6.35. The van der Waals surface area contributed by atoms with Gasteiger partial charge in [-0.1, -0.05) is 109 Å². The fourth-order valence-electron chi connectivity index (χ4n) is 7.27. The SMILES string of the molecule is c1cc(-c2ccc3ccccc3c2)cc(N(c2ccc(-c3ccc4oc5ccccc5c4c3)cc2)c2cccc3oc4ccccc4c23)c1. The van der Waals surface area contributed by atoms with Crippen molar-refractivity contribution in [1.29, 1.82) is 0 Å². The van der Waals surface area contributed by atoms with Gasteiger partial charge < -0.3 is 13.7 Å². The van der Waals surface area contributed by atoms with Crippen LogP contribution in [0.4, 0.5) is 17.1 Å². The zero-order valence-electron chi connectivity index (χ0n) is 26.5. The first-order valence-corrected chi connectivity index (χ1v) is 16.6. The molecule has 0 saturated heterocycles. The largest absolute Gasteiger partial charge is 0.456 e. The molecule has 0 fully saturated rings. The van der Waals surface area contributed by atoms with E-state index < -0.39 is 0 Å².